The first-order valence-corrected chi connectivity index (χ1v) is 13.7. The number of hydrogen-bond acceptors (Lipinski definition) is 1. The van der Waals surface area contributed by atoms with E-state index in [2.05, 4.69) is 32.8 Å². The highest BCUT2D eigenvalue weighted by molar-refractivity contribution is 5.32. The van der Waals surface area contributed by atoms with E-state index in [-0.39, 0.29) is 5.56 Å². The molecule has 0 aliphatic rings. The second-order valence-corrected chi connectivity index (χ2v) is 11.1. The smallest absolute Gasteiger partial charge is 0.274 e. The maximum absolute atomic E-state index is 13.0. The molecule has 1 N–H and O–H groups in total. The highest BCUT2D eigenvalue weighted by atomic mass is 16.1. The van der Waals surface area contributed by atoms with Crippen molar-refractivity contribution in [2.45, 2.75) is 125 Å². The monoisotopic (exact) mass is 454 g/mol. The fourth-order valence-electron chi connectivity index (χ4n) is 5.05. The average Bonchev–Trinajstić information content (AvgIpc) is 3.07. The summed E-state index contributed by atoms with van der Waals surface area (Å²) in [6.45, 7) is 11.5. The van der Waals surface area contributed by atoms with Gasteiger partial charge in [-0.25, -0.2) is 4.68 Å². The molecule has 33 heavy (non-hydrogen) atoms. The summed E-state index contributed by atoms with van der Waals surface area (Å²) in [4.78, 5) is 13.0. The molecule has 0 saturated heterocycles. The molecule has 1 aromatic heterocycles. The van der Waals surface area contributed by atoms with Crippen LogP contribution in [0.1, 0.15) is 122 Å². The van der Waals surface area contributed by atoms with Crippen molar-refractivity contribution in [2.24, 2.45) is 11.3 Å². The van der Waals surface area contributed by atoms with Crippen LogP contribution in [0.2, 0.25) is 0 Å². The molecule has 0 aliphatic carbocycles. The van der Waals surface area contributed by atoms with Gasteiger partial charge in [0.2, 0.25) is 0 Å². The number of unbranched alkanes of at least 4 members (excludes halogenated alkanes) is 9. The van der Waals surface area contributed by atoms with E-state index in [9.17, 15) is 4.79 Å². The Morgan fingerprint density at radius 2 is 1.36 bits per heavy atom. The van der Waals surface area contributed by atoms with E-state index in [0.29, 0.717) is 5.41 Å². The first-order chi connectivity index (χ1) is 15.8. The first kappa shape index (κ1) is 27.5. The van der Waals surface area contributed by atoms with E-state index in [1.54, 1.807) is 4.68 Å². The van der Waals surface area contributed by atoms with Gasteiger partial charge in [-0.3, -0.25) is 9.89 Å². The van der Waals surface area contributed by atoms with Crippen molar-refractivity contribution in [3.8, 4) is 5.69 Å². The van der Waals surface area contributed by atoms with Gasteiger partial charge in [-0.15, -0.1) is 0 Å². The lowest BCUT2D eigenvalue weighted by molar-refractivity contribution is 0.202. The summed E-state index contributed by atoms with van der Waals surface area (Å²) in [7, 11) is 0. The number of aryl methyl sites for hydroxylation is 1. The fourth-order valence-corrected chi connectivity index (χ4v) is 5.05. The Balaban J connectivity index is 1.75. The van der Waals surface area contributed by atoms with E-state index >= 15 is 0 Å². The Labute approximate surface area is 203 Å². The van der Waals surface area contributed by atoms with Crippen molar-refractivity contribution < 1.29 is 0 Å². The Morgan fingerprint density at radius 3 is 1.94 bits per heavy atom. The third-order valence-electron chi connectivity index (χ3n) is 7.32. The number of nitrogens with zero attached hydrogens (tertiary/aromatic N) is 1. The predicted octanol–water partition coefficient (Wildman–Crippen LogP) is 8.77. The van der Waals surface area contributed by atoms with Crippen LogP contribution in [0.25, 0.3) is 5.69 Å². The number of H-pyrrole nitrogens is 1. The minimum atomic E-state index is 0.112. The Morgan fingerprint density at radius 1 is 0.818 bits per heavy atom. The van der Waals surface area contributed by atoms with Crippen LogP contribution in [0, 0.1) is 18.3 Å². The molecule has 3 nitrogen and oxygen atoms in total. The molecule has 1 atom stereocenters. The molecule has 1 unspecified atom stereocenters. The van der Waals surface area contributed by atoms with Crippen LogP contribution in [0.3, 0.4) is 0 Å². The molecule has 1 aromatic carbocycles. The number of nitrogens with one attached hydrogen (secondary N) is 1. The summed E-state index contributed by atoms with van der Waals surface area (Å²) < 4.78 is 1.69. The second-order valence-electron chi connectivity index (χ2n) is 11.1. The van der Waals surface area contributed by atoms with E-state index in [0.717, 1.165) is 35.7 Å². The average molecular weight is 455 g/mol. The van der Waals surface area contributed by atoms with Crippen LogP contribution in [-0.2, 0) is 6.42 Å². The molecule has 2 rings (SSSR count). The van der Waals surface area contributed by atoms with Gasteiger partial charge in [0.25, 0.3) is 5.56 Å². The minimum Gasteiger partial charge on any atom is -0.295 e. The van der Waals surface area contributed by atoms with Crippen molar-refractivity contribution in [3.63, 3.8) is 0 Å². The van der Waals surface area contributed by atoms with Crippen molar-refractivity contribution in [1.29, 1.82) is 0 Å². The van der Waals surface area contributed by atoms with Gasteiger partial charge in [0.15, 0.2) is 0 Å². The largest absolute Gasteiger partial charge is 0.295 e. The van der Waals surface area contributed by atoms with Gasteiger partial charge in [-0.2, -0.15) is 0 Å². The number of benzene rings is 1. The van der Waals surface area contributed by atoms with Crippen LogP contribution >= 0.6 is 0 Å². The van der Waals surface area contributed by atoms with E-state index in [1.165, 1.54) is 77.0 Å². The highest BCUT2D eigenvalue weighted by Gasteiger charge is 2.24. The topological polar surface area (TPSA) is 37.8 Å². The van der Waals surface area contributed by atoms with Crippen molar-refractivity contribution in [1.82, 2.24) is 9.78 Å². The molecule has 1 heterocycles. The molecule has 0 radical (unpaired) electrons. The van der Waals surface area contributed by atoms with Crippen molar-refractivity contribution in [3.05, 3.63) is 51.9 Å². The van der Waals surface area contributed by atoms with Gasteiger partial charge in [-0.05, 0) is 56.1 Å². The molecule has 0 bridgehead atoms. The highest BCUT2D eigenvalue weighted by Crippen LogP contribution is 2.34. The first-order valence-electron chi connectivity index (χ1n) is 13.7. The third-order valence-corrected chi connectivity index (χ3v) is 7.32. The number of para-hydroxylation sites is 1. The summed E-state index contributed by atoms with van der Waals surface area (Å²) in [5.41, 5.74) is 3.30. The SMILES string of the molecule is CCCCCCCCCCCCC(CCCc1c(C)[nH]n(-c2ccccc2)c1=O)C(C)(C)C. The lowest BCUT2D eigenvalue weighted by Gasteiger charge is -2.31. The van der Waals surface area contributed by atoms with Gasteiger partial charge in [0.05, 0.1) is 5.69 Å². The molecule has 2 aromatic rings. The zero-order valence-electron chi connectivity index (χ0n) is 22.2. The normalized spacial score (nSPS) is 12.9. The van der Waals surface area contributed by atoms with Crippen molar-refractivity contribution in [2.75, 3.05) is 0 Å². The molecular weight excluding hydrogens is 404 g/mol. The van der Waals surface area contributed by atoms with Crippen LogP contribution in [0.4, 0.5) is 0 Å². The summed E-state index contributed by atoms with van der Waals surface area (Å²) in [6.07, 6.45) is 18.4. The lowest BCUT2D eigenvalue weighted by Crippen LogP contribution is -2.21. The molecule has 0 amide bonds. The van der Waals surface area contributed by atoms with Crippen LogP contribution in [0.15, 0.2) is 35.1 Å². The van der Waals surface area contributed by atoms with Gasteiger partial charge < -0.3 is 0 Å². The molecule has 186 valence electrons. The van der Waals surface area contributed by atoms with E-state index in [1.807, 2.05) is 37.3 Å². The van der Waals surface area contributed by atoms with Gasteiger partial charge in [0.1, 0.15) is 0 Å². The number of rotatable bonds is 16. The second kappa shape index (κ2) is 14.5. The maximum Gasteiger partial charge on any atom is 0.274 e. The van der Waals surface area contributed by atoms with Gasteiger partial charge >= 0.3 is 0 Å². The molecule has 0 saturated carbocycles. The van der Waals surface area contributed by atoms with E-state index < -0.39 is 0 Å². The van der Waals surface area contributed by atoms with Crippen LogP contribution in [-0.4, -0.2) is 9.78 Å². The number of aromatic nitrogens is 2. The van der Waals surface area contributed by atoms with Crippen molar-refractivity contribution >= 4 is 0 Å². The predicted molar refractivity (Wildman–Crippen MR) is 143 cm³/mol. The Kier molecular flexibility index (Phi) is 12.1. The van der Waals surface area contributed by atoms with Crippen LogP contribution in [0.5, 0.6) is 0 Å². The molecule has 0 fully saturated rings. The molecule has 3 heteroatoms. The van der Waals surface area contributed by atoms with Crippen LogP contribution < -0.4 is 5.56 Å². The molecule has 0 aliphatic heterocycles. The third kappa shape index (κ3) is 9.55. The number of aromatic amines is 1. The lowest BCUT2D eigenvalue weighted by atomic mass is 9.75. The summed E-state index contributed by atoms with van der Waals surface area (Å²) in [6, 6.07) is 9.87. The zero-order chi connectivity index (χ0) is 24.1. The Hall–Kier alpha value is -1.77. The van der Waals surface area contributed by atoms with Gasteiger partial charge in [-0.1, -0.05) is 110 Å². The van der Waals surface area contributed by atoms with Gasteiger partial charge in [0, 0.05) is 11.3 Å². The fraction of sp³-hybridized carbons (Fsp3) is 0.700. The quantitative estimate of drug-likeness (QED) is 0.253. The standard InChI is InChI=1S/C30H50N2O/c1-6-7-8-9-10-11-12-13-14-16-20-26(30(3,4)5)21-19-24-28-25(2)31-32(29(28)33)27-22-17-15-18-23-27/h15,17-18,22-23,26,31H,6-14,16,19-21,24H2,1-5H3. The minimum absolute atomic E-state index is 0.112. The summed E-state index contributed by atoms with van der Waals surface area (Å²) in [5, 5.41) is 3.27. The summed E-state index contributed by atoms with van der Waals surface area (Å²) in [5.74, 6) is 0.724. The number of hydrogen-bond donors (Lipinski definition) is 1. The summed E-state index contributed by atoms with van der Waals surface area (Å²) >= 11 is 0. The molecule has 0 spiro atoms. The zero-order valence-corrected chi connectivity index (χ0v) is 22.2. The van der Waals surface area contributed by atoms with E-state index in [4.69, 9.17) is 0 Å². The molecular formula is C30H50N2O. The maximum atomic E-state index is 13.0. The Bertz CT molecular complexity index is 825.